The van der Waals surface area contributed by atoms with Crippen LogP contribution in [-0.2, 0) is 0 Å². The smallest absolute Gasteiger partial charge is 0.345 e. The molecule has 0 saturated heterocycles. The molecule has 5 nitrogen and oxygen atoms in total. The minimum Gasteiger partial charge on any atom is -0.508 e. The van der Waals surface area contributed by atoms with E-state index in [1.54, 1.807) is 24.4 Å². The number of aromatic hydroxyl groups is 1. The second-order valence-electron chi connectivity index (χ2n) is 4.50. The third kappa shape index (κ3) is 1.46. The molecule has 20 heavy (non-hydrogen) atoms. The Morgan fingerprint density at radius 1 is 1.10 bits per heavy atom. The number of hydrogen-bond acceptors (Lipinski definition) is 5. The van der Waals surface area contributed by atoms with Gasteiger partial charge in [0.1, 0.15) is 11.3 Å². The summed E-state index contributed by atoms with van der Waals surface area (Å²) in [5, 5.41) is 11.3. The lowest BCUT2D eigenvalue weighted by Crippen LogP contribution is -2.01. The molecule has 0 aliphatic carbocycles. The second-order valence-corrected chi connectivity index (χ2v) is 4.50. The molecule has 0 unspecified atom stereocenters. The number of rotatable bonds is 0. The highest BCUT2D eigenvalue weighted by atomic mass is 16.4. The zero-order chi connectivity index (χ0) is 13.7. The van der Waals surface area contributed by atoms with Gasteiger partial charge in [0, 0.05) is 17.0 Å². The van der Waals surface area contributed by atoms with Crippen LogP contribution in [0.15, 0.2) is 51.8 Å². The predicted octanol–water partition coefficient (Wildman–Crippen LogP) is 2.60. The highest BCUT2D eigenvalue weighted by Crippen LogP contribution is 2.26. The summed E-state index contributed by atoms with van der Waals surface area (Å²) in [7, 11) is 0. The summed E-state index contributed by atoms with van der Waals surface area (Å²) >= 11 is 0. The Morgan fingerprint density at radius 3 is 2.90 bits per heavy atom. The Morgan fingerprint density at radius 2 is 2.00 bits per heavy atom. The molecule has 0 atom stereocenters. The van der Waals surface area contributed by atoms with Crippen molar-refractivity contribution in [2.45, 2.75) is 0 Å². The largest absolute Gasteiger partial charge is 0.508 e. The van der Waals surface area contributed by atoms with Gasteiger partial charge in [-0.15, -0.1) is 0 Å². The minimum atomic E-state index is -0.448. The number of phenols is 1. The molecular weight excluding hydrogens is 256 g/mol. The molecule has 4 rings (SSSR count). The van der Waals surface area contributed by atoms with Gasteiger partial charge in [0.25, 0.3) is 0 Å². The first kappa shape index (κ1) is 10.9. The van der Waals surface area contributed by atoms with E-state index >= 15 is 0 Å². The van der Waals surface area contributed by atoms with E-state index in [0.29, 0.717) is 27.5 Å². The predicted molar refractivity (Wildman–Crippen MR) is 74.8 cm³/mol. The fourth-order valence-corrected chi connectivity index (χ4v) is 2.31. The molecule has 1 N–H and O–H groups in total. The lowest BCUT2D eigenvalue weighted by Gasteiger charge is -2.03. The molecule has 96 valence electrons. The zero-order valence-corrected chi connectivity index (χ0v) is 10.2. The number of hydrogen-bond donors (Lipinski definition) is 1. The molecule has 0 bridgehead atoms. The highest BCUT2D eigenvalue weighted by molar-refractivity contribution is 6.05. The first-order chi connectivity index (χ1) is 9.72. The molecule has 0 radical (unpaired) electrons. The van der Waals surface area contributed by atoms with Crippen LogP contribution in [0.5, 0.6) is 5.75 Å². The van der Waals surface area contributed by atoms with Crippen molar-refractivity contribution >= 4 is 32.9 Å². The van der Waals surface area contributed by atoms with Crippen molar-refractivity contribution in [2.75, 3.05) is 0 Å². The summed E-state index contributed by atoms with van der Waals surface area (Å²) in [6.07, 6.45) is 1.65. The monoisotopic (exact) mass is 264 g/mol. The average molecular weight is 264 g/mol. The number of pyridine rings is 2. The number of fused-ring (bicyclic) bond motifs is 4. The van der Waals surface area contributed by atoms with Crippen molar-refractivity contribution < 1.29 is 9.52 Å². The second kappa shape index (κ2) is 3.77. The molecule has 0 amide bonds. The van der Waals surface area contributed by atoms with Crippen LogP contribution in [0.25, 0.3) is 32.9 Å². The number of aromatic nitrogens is 2. The van der Waals surface area contributed by atoms with Crippen LogP contribution in [0.3, 0.4) is 0 Å². The molecule has 0 aliphatic heterocycles. The van der Waals surface area contributed by atoms with E-state index in [2.05, 4.69) is 9.97 Å². The average Bonchev–Trinajstić information content (AvgIpc) is 2.47. The van der Waals surface area contributed by atoms with Crippen LogP contribution < -0.4 is 5.63 Å². The SMILES string of the molecule is O=c1oc2ccc(O)cc2c2nc3ncccc3cc12. The molecule has 3 heterocycles. The number of nitrogens with zero attached hydrogens (tertiary/aromatic N) is 2. The van der Waals surface area contributed by atoms with E-state index in [-0.39, 0.29) is 5.75 Å². The van der Waals surface area contributed by atoms with Gasteiger partial charge in [0.2, 0.25) is 0 Å². The third-order valence-electron chi connectivity index (χ3n) is 3.23. The van der Waals surface area contributed by atoms with Crippen LogP contribution in [-0.4, -0.2) is 15.1 Å². The van der Waals surface area contributed by atoms with Gasteiger partial charge in [-0.25, -0.2) is 14.8 Å². The van der Waals surface area contributed by atoms with E-state index in [1.165, 1.54) is 12.1 Å². The Bertz CT molecular complexity index is 1040. The number of benzene rings is 1. The fraction of sp³-hybridized carbons (Fsp3) is 0. The Hall–Kier alpha value is -2.95. The Balaban J connectivity index is 2.32. The van der Waals surface area contributed by atoms with Crippen molar-refractivity contribution in [3.63, 3.8) is 0 Å². The molecule has 5 heteroatoms. The molecular formula is C15H8N2O3. The van der Waals surface area contributed by atoms with Gasteiger partial charge in [-0.2, -0.15) is 0 Å². The van der Waals surface area contributed by atoms with E-state index < -0.39 is 5.63 Å². The Kier molecular flexibility index (Phi) is 2.06. The summed E-state index contributed by atoms with van der Waals surface area (Å²) in [6, 6.07) is 9.87. The van der Waals surface area contributed by atoms with Gasteiger partial charge < -0.3 is 9.52 Å². The van der Waals surface area contributed by atoms with E-state index in [9.17, 15) is 9.90 Å². The molecule has 0 fully saturated rings. The maximum atomic E-state index is 12.0. The van der Waals surface area contributed by atoms with Crippen molar-refractivity contribution in [3.05, 3.63) is 53.0 Å². The quantitative estimate of drug-likeness (QED) is 0.300. The first-order valence-corrected chi connectivity index (χ1v) is 6.04. The highest BCUT2D eigenvalue weighted by Gasteiger charge is 2.11. The summed E-state index contributed by atoms with van der Waals surface area (Å²) in [6.45, 7) is 0. The van der Waals surface area contributed by atoms with Gasteiger partial charge in [-0.1, -0.05) is 0 Å². The van der Waals surface area contributed by atoms with E-state index in [1.807, 2.05) is 6.07 Å². The van der Waals surface area contributed by atoms with E-state index in [4.69, 9.17) is 4.42 Å². The van der Waals surface area contributed by atoms with Crippen LogP contribution in [0.2, 0.25) is 0 Å². The van der Waals surface area contributed by atoms with Crippen LogP contribution in [0.4, 0.5) is 0 Å². The molecule has 0 aliphatic rings. The van der Waals surface area contributed by atoms with Crippen molar-refractivity contribution in [2.24, 2.45) is 0 Å². The van der Waals surface area contributed by atoms with E-state index in [0.717, 1.165) is 5.39 Å². The maximum Gasteiger partial charge on any atom is 0.345 e. The molecule has 0 saturated carbocycles. The fourth-order valence-electron chi connectivity index (χ4n) is 2.31. The summed E-state index contributed by atoms with van der Waals surface area (Å²) in [5.41, 5.74) is 0.980. The van der Waals surface area contributed by atoms with Crippen molar-refractivity contribution in [1.82, 2.24) is 9.97 Å². The first-order valence-electron chi connectivity index (χ1n) is 6.04. The summed E-state index contributed by atoms with van der Waals surface area (Å²) < 4.78 is 5.25. The summed E-state index contributed by atoms with van der Waals surface area (Å²) in [5.74, 6) is 0.0931. The van der Waals surface area contributed by atoms with Crippen LogP contribution in [0, 0.1) is 0 Å². The molecule has 4 aromatic rings. The normalized spacial score (nSPS) is 11.4. The van der Waals surface area contributed by atoms with Crippen molar-refractivity contribution in [3.8, 4) is 5.75 Å². The van der Waals surface area contributed by atoms with Gasteiger partial charge >= 0.3 is 5.63 Å². The maximum absolute atomic E-state index is 12.0. The van der Waals surface area contributed by atoms with Crippen molar-refractivity contribution in [1.29, 1.82) is 0 Å². The standard InChI is InChI=1S/C15H8N2O3/c18-9-3-4-12-10(7-9)13-11(15(19)20-12)6-8-2-1-5-16-14(8)17-13/h1-7,18H. The molecule has 1 aromatic carbocycles. The van der Waals surface area contributed by atoms with Gasteiger partial charge in [-0.3, -0.25) is 0 Å². The molecule has 0 spiro atoms. The molecule has 3 aromatic heterocycles. The van der Waals surface area contributed by atoms with Gasteiger partial charge in [-0.05, 0) is 36.4 Å². The van der Waals surface area contributed by atoms with Gasteiger partial charge in [0.15, 0.2) is 5.65 Å². The zero-order valence-electron chi connectivity index (χ0n) is 10.2. The summed E-state index contributed by atoms with van der Waals surface area (Å²) in [4.78, 5) is 20.6. The Labute approximate surface area is 112 Å². The van der Waals surface area contributed by atoms with Crippen LogP contribution in [0.1, 0.15) is 0 Å². The minimum absolute atomic E-state index is 0.0931. The number of phenolic OH excluding ortho intramolecular Hbond substituents is 1. The van der Waals surface area contributed by atoms with Crippen LogP contribution >= 0.6 is 0 Å². The van der Waals surface area contributed by atoms with Gasteiger partial charge in [0.05, 0.1) is 10.9 Å². The third-order valence-corrected chi connectivity index (χ3v) is 3.23. The topological polar surface area (TPSA) is 76.2 Å². The lowest BCUT2D eigenvalue weighted by molar-refractivity contribution is 0.475. The lowest BCUT2D eigenvalue weighted by atomic mass is 10.1.